The van der Waals surface area contributed by atoms with Gasteiger partial charge < -0.3 is 5.32 Å². The fourth-order valence-electron chi connectivity index (χ4n) is 2.69. The van der Waals surface area contributed by atoms with Crippen molar-refractivity contribution in [1.29, 1.82) is 5.26 Å². The Balaban J connectivity index is 1.78. The Morgan fingerprint density at radius 3 is 2.28 bits per heavy atom. The molecule has 0 bridgehead atoms. The van der Waals surface area contributed by atoms with Crippen LogP contribution in [0, 0.1) is 11.3 Å². The van der Waals surface area contributed by atoms with Crippen LogP contribution < -0.4 is 5.32 Å². The van der Waals surface area contributed by atoms with Crippen LogP contribution >= 0.6 is 47.8 Å². The molecule has 3 nitrogen and oxygen atoms in total. The smallest absolute Gasteiger partial charge is 0.266 e. The third-order valence-corrected chi connectivity index (χ3v) is 6.23. The molecular formula is C23H15Br3N2O. The van der Waals surface area contributed by atoms with Gasteiger partial charge in [-0.05, 0) is 65.6 Å². The van der Waals surface area contributed by atoms with Crippen LogP contribution in [0.2, 0.25) is 0 Å². The molecule has 0 spiro atoms. The lowest BCUT2D eigenvalue weighted by molar-refractivity contribution is -0.112. The Kier molecular flexibility index (Phi) is 7.43. The second-order valence-electron chi connectivity index (χ2n) is 6.25. The van der Waals surface area contributed by atoms with Crippen molar-refractivity contribution in [2.45, 2.75) is 6.42 Å². The lowest BCUT2D eigenvalue weighted by atomic mass is 10.0. The zero-order valence-corrected chi connectivity index (χ0v) is 19.9. The molecule has 0 fully saturated rings. The molecule has 3 aromatic carbocycles. The van der Waals surface area contributed by atoms with E-state index in [0.717, 1.165) is 31.0 Å². The number of benzene rings is 3. The van der Waals surface area contributed by atoms with E-state index in [9.17, 15) is 10.1 Å². The van der Waals surface area contributed by atoms with Gasteiger partial charge in [-0.15, -0.1) is 0 Å². The normalized spacial score (nSPS) is 11.0. The molecule has 0 aliphatic carbocycles. The largest absolute Gasteiger partial charge is 0.321 e. The Morgan fingerprint density at radius 1 is 0.931 bits per heavy atom. The Morgan fingerprint density at radius 2 is 1.62 bits per heavy atom. The van der Waals surface area contributed by atoms with Crippen molar-refractivity contribution in [3.63, 3.8) is 0 Å². The molecule has 0 aliphatic heterocycles. The van der Waals surface area contributed by atoms with Crippen molar-refractivity contribution >= 4 is 65.5 Å². The number of amides is 1. The number of anilines is 1. The van der Waals surface area contributed by atoms with Crippen LogP contribution in [0.4, 0.5) is 5.69 Å². The lowest BCUT2D eigenvalue weighted by Crippen LogP contribution is -2.13. The Labute approximate surface area is 194 Å². The van der Waals surface area contributed by atoms with Crippen LogP contribution in [0.5, 0.6) is 0 Å². The summed E-state index contributed by atoms with van der Waals surface area (Å²) in [6.07, 6.45) is 2.35. The van der Waals surface area contributed by atoms with Crippen LogP contribution in [-0.2, 0) is 11.2 Å². The number of nitrogens with one attached hydrogen (secondary N) is 1. The molecule has 1 amide bonds. The highest BCUT2D eigenvalue weighted by Crippen LogP contribution is 2.26. The fourth-order valence-corrected chi connectivity index (χ4v) is 3.92. The van der Waals surface area contributed by atoms with E-state index >= 15 is 0 Å². The number of rotatable bonds is 5. The third kappa shape index (κ3) is 5.89. The van der Waals surface area contributed by atoms with E-state index in [0.29, 0.717) is 5.69 Å². The summed E-state index contributed by atoms with van der Waals surface area (Å²) in [6.45, 7) is 0. The molecular weight excluding hydrogens is 560 g/mol. The SMILES string of the molecule is N#C/C(=C\c1ccc(Cc2ccccc2Br)c(Br)c1)C(=O)Nc1ccc(Br)cc1. The van der Waals surface area contributed by atoms with Gasteiger partial charge in [0.1, 0.15) is 11.6 Å². The van der Waals surface area contributed by atoms with Crippen LogP contribution in [0.3, 0.4) is 0 Å². The van der Waals surface area contributed by atoms with E-state index in [1.54, 1.807) is 18.2 Å². The van der Waals surface area contributed by atoms with Crippen molar-refractivity contribution in [2.24, 2.45) is 0 Å². The number of nitriles is 1. The van der Waals surface area contributed by atoms with Gasteiger partial charge in [0, 0.05) is 19.1 Å². The Bertz CT molecular complexity index is 1120. The lowest BCUT2D eigenvalue weighted by Gasteiger charge is -2.08. The average Bonchev–Trinajstić information content (AvgIpc) is 2.71. The Hall–Kier alpha value is -2.20. The summed E-state index contributed by atoms with van der Waals surface area (Å²) < 4.78 is 2.90. The number of hydrogen-bond acceptors (Lipinski definition) is 2. The fraction of sp³-hybridized carbons (Fsp3) is 0.0435. The number of carbonyl (C=O) groups is 1. The predicted octanol–water partition coefficient (Wildman–Crippen LogP) is 7.11. The zero-order chi connectivity index (χ0) is 20.8. The summed E-state index contributed by atoms with van der Waals surface area (Å²) in [5.41, 5.74) is 3.74. The average molecular weight is 575 g/mol. The molecule has 29 heavy (non-hydrogen) atoms. The molecule has 3 aromatic rings. The molecule has 0 unspecified atom stereocenters. The minimum atomic E-state index is -0.441. The van der Waals surface area contributed by atoms with E-state index in [1.165, 1.54) is 5.56 Å². The highest BCUT2D eigenvalue weighted by molar-refractivity contribution is 9.11. The number of halogens is 3. The molecule has 0 atom stereocenters. The van der Waals surface area contributed by atoms with Crippen molar-refractivity contribution < 1.29 is 4.79 Å². The van der Waals surface area contributed by atoms with Crippen LogP contribution in [-0.4, -0.2) is 5.91 Å². The standard InChI is InChI=1S/C23H15Br3N2O/c24-19-7-9-20(10-8-19)28-23(29)18(14-27)11-15-5-6-17(22(26)12-15)13-16-3-1-2-4-21(16)25/h1-12H,13H2,(H,28,29)/b18-11+. The van der Waals surface area contributed by atoms with E-state index in [2.05, 4.69) is 59.2 Å². The van der Waals surface area contributed by atoms with E-state index in [-0.39, 0.29) is 5.57 Å². The van der Waals surface area contributed by atoms with Crippen LogP contribution in [0.15, 0.2) is 85.7 Å². The first kappa shape index (κ1) is 21.5. The minimum Gasteiger partial charge on any atom is -0.321 e. The molecule has 0 aliphatic rings. The number of hydrogen-bond donors (Lipinski definition) is 1. The maximum atomic E-state index is 12.4. The third-order valence-electron chi connectivity index (χ3n) is 4.19. The second kappa shape index (κ2) is 10.0. The first-order valence-electron chi connectivity index (χ1n) is 8.67. The molecule has 6 heteroatoms. The van der Waals surface area contributed by atoms with Gasteiger partial charge >= 0.3 is 0 Å². The highest BCUT2D eigenvalue weighted by Gasteiger charge is 2.11. The summed E-state index contributed by atoms with van der Waals surface area (Å²) in [5.74, 6) is -0.441. The van der Waals surface area contributed by atoms with Crippen molar-refractivity contribution in [1.82, 2.24) is 0 Å². The topological polar surface area (TPSA) is 52.9 Å². The van der Waals surface area contributed by atoms with E-state index in [4.69, 9.17) is 0 Å². The van der Waals surface area contributed by atoms with Crippen LogP contribution in [0.1, 0.15) is 16.7 Å². The summed E-state index contributed by atoms with van der Waals surface area (Å²) in [5, 5.41) is 12.2. The predicted molar refractivity (Wildman–Crippen MR) is 127 cm³/mol. The number of carbonyl (C=O) groups excluding carboxylic acids is 1. The summed E-state index contributed by atoms with van der Waals surface area (Å²) >= 11 is 10.5. The molecule has 0 heterocycles. The molecule has 0 saturated carbocycles. The van der Waals surface area contributed by atoms with Crippen molar-refractivity contribution in [2.75, 3.05) is 5.32 Å². The summed E-state index contributed by atoms with van der Waals surface area (Å²) in [4.78, 5) is 12.4. The van der Waals surface area contributed by atoms with Gasteiger partial charge in [0.15, 0.2) is 0 Å². The van der Waals surface area contributed by atoms with Gasteiger partial charge in [-0.1, -0.05) is 78.1 Å². The molecule has 0 aromatic heterocycles. The summed E-state index contributed by atoms with van der Waals surface area (Å²) in [7, 11) is 0. The number of nitrogens with zero attached hydrogens (tertiary/aromatic N) is 1. The molecule has 0 saturated heterocycles. The summed E-state index contributed by atoms with van der Waals surface area (Å²) in [6, 6.07) is 23.1. The highest BCUT2D eigenvalue weighted by atomic mass is 79.9. The van der Waals surface area contributed by atoms with Gasteiger partial charge in [0.05, 0.1) is 0 Å². The van der Waals surface area contributed by atoms with Crippen molar-refractivity contribution in [3.8, 4) is 6.07 Å². The van der Waals surface area contributed by atoms with E-state index in [1.807, 2.05) is 54.6 Å². The molecule has 0 radical (unpaired) electrons. The molecule has 144 valence electrons. The van der Waals surface area contributed by atoms with Crippen LogP contribution in [0.25, 0.3) is 6.08 Å². The second-order valence-corrected chi connectivity index (χ2v) is 8.87. The van der Waals surface area contributed by atoms with Gasteiger partial charge in [-0.3, -0.25) is 4.79 Å². The van der Waals surface area contributed by atoms with Gasteiger partial charge in [-0.2, -0.15) is 5.26 Å². The van der Waals surface area contributed by atoms with Gasteiger partial charge in [0.2, 0.25) is 0 Å². The monoisotopic (exact) mass is 572 g/mol. The first-order chi connectivity index (χ1) is 14.0. The quantitative estimate of drug-likeness (QED) is 0.261. The first-order valence-corrected chi connectivity index (χ1v) is 11.0. The van der Waals surface area contributed by atoms with Gasteiger partial charge in [0.25, 0.3) is 5.91 Å². The minimum absolute atomic E-state index is 0.0402. The molecule has 3 rings (SSSR count). The maximum absolute atomic E-state index is 12.4. The maximum Gasteiger partial charge on any atom is 0.266 e. The molecule has 1 N–H and O–H groups in total. The van der Waals surface area contributed by atoms with Crippen molar-refractivity contribution in [3.05, 3.63) is 102 Å². The van der Waals surface area contributed by atoms with Gasteiger partial charge in [-0.25, -0.2) is 0 Å². The van der Waals surface area contributed by atoms with E-state index < -0.39 is 5.91 Å². The zero-order valence-electron chi connectivity index (χ0n) is 15.1.